The van der Waals surface area contributed by atoms with E-state index in [4.69, 9.17) is 0 Å². The van der Waals surface area contributed by atoms with Crippen LogP contribution in [-0.2, 0) is 29.6 Å². The second-order valence-corrected chi connectivity index (χ2v) is 17.8. The highest BCUT2D eigenvalue weighted by atomic mass is 32.2. The van der Waals surface area contributed by atoms with Crippen LogP contribution < -0.4 is 4.72 Å². The van der Waals surface area contributed by atoms with E-state index in [0.29, 0.717) is 0 Å². The van der Waals surface area contributed by atoms with Crippen molar-refractivity contribution in [1.82, 2.24) is 4.72 Å². The molecule has 0 amide bonds. The quantitative estimate of drug-likeness (QED) is 0.121. The van der Waals surface area contributed by atoms with E-state index in [0.717, 1.165) is 32.4 Å². The molecule has 0 saturated carbocycles. The molecule has 1 N–H and O–H groups in total. The Hall–Kier alpha value is -1.59. The highest BCUT2D eigenvalue weighted by Gasteiger charge is 2.34. The summed E-state index contributed by atoms with van der Waals surface area (Å²) in [6.07, 6.45) is 17.9. The zero-order valence-corrected chi connectivity index (χ0v) is 28.1. The van der Waals surface area contributed by atoms with E-state index in [2.05, 4.69) is 37.2 Å². The van der Waals surface area contributed by atoms with Crippen LogP contribution in [0, 0.1) is 0 Å². The Morgan fingerprint density at radius 2 is 1.10 bits per heavy atom. The lowest BCUT2D eigenvalue weighted by molar-refractivity contribution is 0.0598. The topological polar surface area (TPSA) is 156 Å². The molecule has 0 saturated heterocycles. The molecule has 0 bridgehead atoms. The van der Waals surface area contributed by atoms with Gasteiger partial charge in [-0.05, 0) is 43.9 Å². The average Bonchev–Trinajstić information content (AvgIpc) is 2.94. The van der Waals surface area contributed by atoms with Crippen molar-refractivity contribution in [1.29, 1.82) is 0 Å². The number of nitrogens with one attached hydrogen (secondary N) is 1. The molecule has 0 fully saturated rings. The number of carbonyl (C=O) groups excluding carboxylic acids is 2. The fourth-order valence-corrected chi connectivity index (χ4v) is 11.1. The first-order chi connectivity index (χ1) is 19.2. The van der Waals surface area contributed by atoms with Crippen molar-refractivity contribution < 1.29 is 40.5 Å². The van der Waals surface area contributed by atoms with Gasteiger partial charge < -0.3 is 14.0 Å². The molecule has 0 aliphatic heterocycles. The van der Waals surface area contributed by atoms with Crippen LogP contribution >= 0.6 is 7.26 Å². The summed E-state index contributed by atoms with van der Waals surface area (Å²) in [5.41, 5.74) is -0.450. The minimum Gasteiger partial charge on any atom is -0.748 e. The van der Waals surface area contributed by atoms with Crippen molar-refractivity contribution in [3.05, 3.63) is 29.3 Å². The second kappa shape index (κ2) is 20.3. The summed E-state index contributed by atoms with van der Waals surface area (Å²) < 4.78 is 66.6. The summed E-state index contributed by atoms with van der Waals surface area (Å²) in [7, 11) is -7.31. The minimum atomic E-state index is -4.61. The maximum Gasteiger partial charge on any atom is 0.337 e. The van der Waals surface area contributed by atoms with Gasteiger partial charge in [0.2, 0.25) is 10.0 Å². The summed E-state index contributed by atoms with van der Waals surface area (Å²) in [4.78, 5) is 22.7. The maximum absolute atomic E-state index is 12.1. The third-order valence-corrected chi connectivity index (χ3v) is 13.9. The van der Waals surface area contributed by atoms with Crippen molar-refractivity contribution >= 4 is 39.3 Å². The summed E-state index contributed by atoms with van der Waals surface area (Å²) in [6.45, 7) is 8.76. The molecule has 1 aromatic carbocycles. The van der Waals surface area contributed by atoms with Crippen molar-refractivity contribution in [2.45, 2.75) is 84.0 Å². The zero-order valence-electron chi connectivity index (χ0n) is 25.6. The Balaban J connectivity index is 0.000000831. The Morgan fingerprint density at radius 1 is 0.732 bits per heavy atom. The van der Waals surface area contributed by atoms with Crippen molar-refractivity contribution in [2.24, 2.45) is 0 Å². The van der Waals surface area contributed by atoms with Gasteiger partial charge in [0.1, 0.15) is 0 Å². The van der Waals surface area contributed by atoms with E-state index >= 15 is 0 Å². The van der Waals surface area contributed by atoms with Gasteiger partial charge >= 0.3 is 11.9 Å². The van der Waals surface area contributed by atoms with E-state index in [1.165, 1.54) is 51.4 Å². The predicted molar refractivity (Wildman–Crippen MR) is 165 cm³/mol. The predicted octanol–water partition coefficient (Wildman–Crippen LogP) is 5.29. The molecule has 0 atom stereocenters. The lowest BCUT2D eigenvalue weighted by Crippen LogP contribution is -2.29. The van der Waals surface area contributed by atoms with E-state index < -0.39 is 56.5 Å². The molecule has 0 spiro atoms. The van der Waals surface area contributed by atoms with Crippen LogP contribution in [-0.4, -0.2) is 84.5 Å². The zero-order chi connectivity index (χ0) is 31.5. The fourth-order valence-electron chi connectivity index (χ4n) is 4.25. The Bertz CT molecular complexity index is 1070. The van der Waals surface area contributed by atoms with E-state index in [9.17, 15) is 31.0 Å². The van der Waals surface area contributed by atoms with Gasteiger partial charge in [0.25, 0.3) is 0 Å². The van der Waals surface area contributed by atoms with Gasteiger partial charge in [-0.25, -0.2) is 31.1 Å². The Morgan fingerprint density at radius 3 is 1.39 bits per heavy atom. The van der Waals surface area contributed by atoms with E-state index in [1.807, 2.05) is 4.72 Å². The van der Waals surface area contributed by atoms with Crippen LogP contribution in [0.2, 0.25) is 0 Å². The first-order valence-electron chi connectivity index (χ1n) is 14.3. The molecule has 0 aliphatic carbocycles. The number of carbonyl (C=O) groups is 2. The smallest absolute Gasteiger partial charge is 0.337 e. The molecule has 1 aromatic rings. The molecule has 0 heterocycles. The molecule has 1 rings (SSSR count). The fraction of sp³-hybridized carbons (Fsp3) is 0.714. The number of hydrogen-bond donors (Lipinski definition) is 1. The standard InChI is InChI=1S/C16H36P.C12H15NO9S2/c1-5-9-13-17(14-10-6-2,15-11-7-3)16-12-8-4;1-21-11(14)8-5-9(12(15)22-2)7-10(6-8)24(19,20)13-3-4-23(16,17)18/h5-16H2,1-4H3;5-7,13H,3-4H2,1-2H3,(H,16,17,18)/q+1;/p-1. The number of unbranched alkanes of at least 4 members (excludes halogenated alkanes) is 4. The molecule has 0 aliphatic rings. The maximum atomic E-state index is 12.1. The van der Waals surface area contributed by atoms with Crippen molar-refractivity contribution in [3.8, 4) is 0 Å². The lowest BCUT2D eigenvalue weighted by atomic mass is 10.1. The first kappa shape index (κ1) is 39.4. The molecule has 0 unspecified atom stereocenters. The Kier molecular flexibility index (Phi) is 19.6. The SMILES string of the molecule is CCCC[P+](CCCC)(CCCC)CCCC.COC(=O)c1cc(C(=O)OC)cc(S(=O)(=O)NCCS(=O)(=O)[O-])c1. The number of sulfonamides is 1. The number of hydrogen-bond acceptors (Lipinski definition) is 9. The van der Waals surface area contributed by atoms with Crippen LogP contribution in [0.5, 0.6) is 0 Å². The van der Waals surface area contributed by atoms with Crippen molar-refractivity contribution in [2.75, 3.05) is 51.2 Å². The molecular weight excluding hydrogens is 589 g/mol. The number of esters is 2. The highest BCUT2D eigenvalue weighted by molar-refractivity contribution is 7.89. The summed E-state index contributed by atoms with van der Waals surface area (Å²) >= 11 is 0. The summed E-state index contributed by atoms with van der Waals surface area (Å²) in [5.74, 6) is -2.73. The monoisotopic (exact) mass is 639 g/mol. The average molecular weight is 640 g/mol. The number of benzene rings is 1. The molecule has 238 valence electrons. The van der Waals surface area contributed by atoms with Gasteiger partial charge in [-0.15, -0.1) is 0 Å². The van der Waals surface area contributed by atoms with Gasteiger partial charge in [0, 0.05) is 13.8 Å². The van der Waals surface area contributed by atoms with Crippen molar-refractivity contribution in [3.63, 3.8) is 0 Å². The Labute approximate surface area is 248 Å². The summed E-state index contributed by atoms with van der Waals surface area (Å²) in [5, 5.41) is 0. The van der Waals surface area contributed by atoms with Crippen LogP contribution in [0.4, 0.5) is 0 Å². The lowest BCUT2D eigenvalue weighted by Gasteiger charge is -2.28. The highest BCUT2D eigenvalue weighted by Crippen LogP contribution is 2.61. The number of methoxy groups -OCH3 is 2. The minimum absolute atomic E-state index is 0.225. The normalized spacial score (nSPS) is 11.9. The first-order valence-corrected chi connectivity index (χ1v) is 19.9. The van der Waals surface area contributed by atoms with Gasteiger partial charge in [-0.1, -0.05) is 53.4 Å². The molecule has 10 nitrogen and oxygen atoms in total. The van der Waals surface area contributed by atoms with Crippen LogP contribution in [0.3, 0.4) is 0 Å². The van der Waals surface area contributed by atoms with E-state index in [-0.39, 0.29) is 11.1 Å². The molecule has 0 radical (unpaired) electrons. The number of ether oxygens (including phenoxy) is 2. The van der Waals surface area contributed by atoms with Gasteiger partial charge in [-0.2, -0.15) is 0 Å². The molecule has 0 aromatic heterocycles. The second-order valence-electron chi connectivity index (χ2n) is 10.0. The molecule has 41 heavy (non-hydrogen) atoms. The molecule has 13 heteroatoms. The van der Waals surface area contributed by atoms with E-state index in [1.54, 1.807) is 24.6 Å². The van der Waals surface area contributed by atoms with Gasteiger partial charge in [0.05, 0.1) is 70.8 Å². The van der Waals surface area contributed by atoms with Crippen LogP contribution in [0.1, 0.15) is 99.8 Å². The third kappa shape index (κ3) is 16.0. The van der Waals surface area contributed by atoms with Crippen LogP contribution in [0.15, 0.2) is 23.1 Å². The summed E-state index contributed by atoms with van der Waals surface area (Å²) in [6, 6.07) is 2.96. The van der Waals surface area contributed by atoms with Gasteiger partial charge in [0.15, 0.2) is 0 Å². The third-order valence-electron chi connectivity index (χ3n) is 6.65. The molecular formula is C28H50NO9PS2. The largest absolute Gasteiger partial charge is 0.748 e. The number of rotatable bonds is 19. The van der Waals surface area contributed by atoms with Crippen LogP contribution in [0.25, 0.3) is 0 Å². The van der Waals surface area contributed by atoms with Gasteiger partial charge in [-0.3, -0.25) is 0 Å².